The first-order chi connectivity index (χ1) is 14.9. The molecule has 0 bridgehead atoms. The van der Waals surface area contributed by atoms with Crippen molar-refractivity contribution in [3.63, 3.8) is 0 Å². The summed E-state index contributed by atoms with van der Waals surface area (Å²) < 4.78 is 25.7. The molecule has 3 rings (SSSR count). The van der Waals surface area contributed by atoms with Crippen molar-refractivity contribution in [2.24, 2.45) is 0 Å². The van der Waals surface area contributed by atoms with Crippen molar-refractivity contribution < 1.29 is 13.4 Å². The molecule has 164 valence electrons. The molecular formula is C26H30FNO2S. The smallest absolute Gasteiger partial charge is 0.224 e. The zero-order valence-electron chi connectivity index (χ0n) is 18.5. The van der Waals surface area contributed by atoms with Crippen LogP contribution in [0.1, 0.15) is 62.6 Å². The lowest BCUT2D eigenvalue weighted by molar-refractivity contribution is -0.120. The molecule has 2 aromatic carbocycles. The molecule has 0 saturated carbocycles. The number of rotatable bonds is 9. The maximum absolute atomic E-state index is 14.0. The van der Waals surface area contributed by atoms with Gasteiger partial charge in [-0.15, -0.1) is 0 Å². The Kier molecular flexibility index (Phi) is 7.97. The molecule has 3 nitrogen and oxygen atoms in total. The summed E-state index contributed by atoms with van der Waals surface area (Å²) >= 11 is 0. The van der Waals surface area contributed by atoms with Crippen molar-refractivity contribution in [3.8, 4) is 0 Å². The third kappa shape index (κ3) is 5.79. The van der Waals surface area contributed by atoms with Gasteiger partial charge in [-0.25, -0.2) is 4.39 Å². The average molecular weight is 440 g/mol. The summed E-state index contributed by atoms with van der Waals surface area (Å²) in [5, 5.41) is 3.00. The van der Waals surface area contributed by atoms with E-state index in [4.69, 9.17) is 0 Å². The molecule has 0 heterocycles. The molecule has 2 aromatic rings. The van der Waals surface area contributed by atoms with Gasteiger partial charge in [-0.1, -0.05) is 44.4 Å². The summed E-state index contributed by atoms with van der Waals surface area (Å²) in [7, 11) is -1.02. The van der Waals surface area contributed by atoms with E-state index in [0.717, 1.165) is 57.6 Å². The molecule has 1 amide bonds. The highest BCUT2D eigenvalue weighted by Gasteiger charge is 2.25. The molecule has 1 atom stereocenters. The van der Waals surface area contributed by atoms with Gasteiger partial charge in [0.05, 0.1) is 6.42 Å². The molecule has 0 aromatic heterocycles. The third-order valence-electron chi connectivity index (χ3n) is 5.67. The summed E-state index contributed by atoms with van der Waals surface area (Å²) in [6.07, 6.45) is 8.37. The molecule has 0 saturated heterocycles. The van der Waals surface area contributed by atoms with Crippen molar-refractivity contribution in [1.82, 2.24) is 5.32 Å². The molecule has 1 N–H and O–H groups in total. The number of hydrogen-bond donors (Lipinski definition) is 1. The lowest BCUT2D eigenvalue weighted by Crippen LogP contribution is -2.24. The van der Waals surface area contributed by atoms with E-state index in [9.17, 15) is 13.4 Å². The monoisotopic (exact) mass is 439 g/mol. The number of allylic oxidation sites excluding steroid dienone is 2. The van der Waals surface area contributed by atoms with Crippen molar-refractivity contribution in [3.05, 3.63) is 70.5 Å². The van der Waals surface area contributed by atoms with Crippen LogP contribution in [0, 0.1) is 5.82 Å². The van der Waals surface area contributed by atoms with Gasteiger partial charge in [-0.3, -0.25) is 9.00 Å². The third-order valence-corrected chi connectivity index (χ3v) is 6.60. The fourth-order valence-corrected chi connectivity index (χ4v) is 4.43. The Hall–Kier alpha value is -2.53. The average Bonchev–Trinajstić information content (AvgIpc) is 2.99. The van der Waals surface area contributed by atoms with Crippen molar-refractivity contribution in [2.75, 3.05) is 12.8 Å². The quantitative estimate of drug-likeness (QED) is 0.489. The predicted molar refractivity (Wildman–Crippen MR) is 127 cm³/mol. The Morgan fingerprint density at radius 3 is 2.48 bits per heavy atom. The molecular weight excluding hydrogens is 409 g/mol. The number of benzene rings is 2. The number of fused-ring (bicyclic) bond motifs is 1. The fourth-order valence-electron chi connectivity index (χ4n) is 3.91. The second-order valence-corrected chi connectivity index (χ2v) is 9.34. The molecule has 0 radical (unpaired) electrons. The van der Waals surface area contributed by atoms with Crippen LogP contribution in [0.4, 0.5) is 4.39 Å². The van der Waals surface area contributed by atoms with Gasteiger partial charge in [-0.05, 0) is 77.1 Å². The molecule has 31 heavy (non-hydrogen) atoms. The molecule has 0 fully saturated rings. The molecule has 1 unspecified atom stereocenters. The van der Waals surface area contributed by atoms with Gasteiger partial charge in [0.1, 0.15) is 5.82 Å². The largest absolute Gasteiger partial charge is 0.356 e. The topological polar surface area (TPSA) is 46.2 Å². The van der Waals surface area contributed by atoms with Crippen LogP contribution in [0.2, 0.25) is 0 Å². The van der Waals surface area contributed by atoms with Gasteiger partial charge < -0.3 is 5.32 Å². The van der Waals surface area contributed by atoms with E-state index in [-0.39, 0.29) is 18.1 Å². The van der Waals surface area contributed by atoms with Crippen molar-refractivity contribution in [1.29, 1.82) is 0 Å². The van der Waals surface area contributed by atoms with Crippen LogP contribution in [0.25, 0.3) is 17.2 Å². The molecule has 5 heteroatoms. The van der Waals surface area contributed by atoms with Crippen LogP contribution in [-0.4, -0.2) is 22.9 Å². The van der Waals surface area contributed by atoms with Gasteiger partial charge in [0, 0.05) is 28.5 Å². The van der Waals surface area contributed by atoms with Gasteiger partial charge >= 0.3 is 0 Å². The predicted octanol–water partition coefficient (Wildman–Crippen LogP) is 5.98. The SMILES string of the molecule is CCCCCCNC(=O)CC1=C(C)/C(=C/c2ccc(S(C)=O)cc2)c2ccc(F)cc21. The minimum atomic E-state index is -1.02. The highest BCUT2D eigenvalue weighted by molar-refractivity contribution is 7.84. The van der Waals surface area contributed by atoms with Gasteiger partial charge in [-0.2, -0.15) is 0 Å². The molecule has 1 aliphatic rings. The molecule has 0 spiro atoms. The first-order valence-electron chi connectivity index (χ1n) is 10.8. The van der Waals surface area contributed by atoms with Crippen LogP contribution < -0.4 is 5.32 Å². The van der Waals surface area contributed by atoms with Crippen LogP contribution in [0.15, 0.2) is 52.9 Å². The van der Waals surface area contributed by atoms with Gasteiger partial charge in [0.15, 0.2) is 0 Å². The van der Waals surface area contributed by atoms with E-state index < -0.39 is 10.8 Å². The van der Waals surface area contributed by atoms with E-state index in [1.54, 1.807) is 12.3 Å². The summed E-state index contributed by atoms with van der Waals surface area (Å²) in [4.78, 5) is 13.3. The van der Waals surface area contributed by atoms with Crippen LogP contribution >= 0.6 is 0 Å². The maximum Gasteiger partial charge on any atom is 0.224 e. The van der Waals surface area contributed by atoms with Crippen LogP contribution in [0.3, 0.4) is 0 Å². The standard InChI is InChI=1S/C26H30FNO2S/c1-4-5-6-7-14-28-26(29)17-24-18(2)23(22-13-10-20(27)16-25(22)24)15-19-8-11-21(12-9-19)31(3)30/h8-13,15-16H,4-7,14,17H2,1-3H3,(H,28,29)/b23-15-. The van der Waals surface area contributed by atoms with E-state index in [2.05, 4.69) is 12.2 Å². The van der Waals surface area contributed by atoms with Gasteiger partial charge in [0.2, 0.25) is 5.91 Å². The van der Waals surface area contributed by atoms with Crippen LogP contribution in [0.5, 0.6) is 0 Å². The lowest BCUT2D eigenvalue weighted by Gasteiger charge is -2.08. The summed E-state index contributed by atoms with van der Waals surface area (Å²) in [6, 6.07) is 12.3. The number of halogens is 1. The number of hydrogen-bond acceptors (Lipinski definition) is 2. The lowest BCUT2D eigenvalue weighted by atomic mass is 10.0. The minimum Gasteiger partial charge on any atom is -0.356 e. The van der Waals surface area contributed by atoms with E-state index >= 15 is 0 Å². The van der Waals surface area contributed by atoms with Gasteiger partial charge in [0.25, 0.3) is 0 Å². The summed E-state index contributed by atoms with van der Waals surface area (Å²) in [5.41, 5.74) is 5.55. The molecule has 0 aliphatic heterocycles. The highest BCUT2D eigenvalue weighted by atomic mass is 32.2. The Labute approximate surface area is 186 Å². The van der Waals surface area contributed by atoms with Crippen LogP contribution in [-0.2, 0) is 15.6 Å². The Morgan fingerprint density at radius 2 is 1.81 bits per heavy atom. The second-order valence-electron chi connectivity index (χ2n) is 7.96. The summed E-state index contributed by atoms with van der Waals surface area (Å²) in [5.74, 6) is -0.336. The number of nitrogens with one attached hydrogen (secondary N) is 1. The fraction of sp³-hybridized carbons (Fsp3) is 0.346. The highest BCUT2D eigenvalue weighted by Crippen LogP contribution is 2.43. The Balaban J connectivity index is 1.85. The van der Waals surface area contributed by atoms with Crippen molar-refractivity contribution >= 4 is 33.9 Å². The first kappa shape index (κ1) is 23.1. The number of carbonyl (C=O) groups is 1. The first-order valence-corrected chi connectivity index (χ1v) is 12.4. The normalized spacial score (nSPS) is 15.3. The van der Waals surface area contributed by atoms with E-state index in [0.29, 0.717) is 6.54 Å². The Bertz CT molecular complexity index is 1040. The van der Waals surface area contributed by atoms with Crippen molar-refractivity contribution in [2.45, 2.75) is 50.8 Å². The summed E-state index contributed by atoms with van der Waals surface area (Å²) in [6.45, 7) is 4.83. The molecule has 1 aliphatic carbocycles. The number of amides is 1. The maximum atomic E-state index is 14.0. The zero-order chi connectivity index (χ0) is 22.4. The van der Waals surface area contributed by atoms with E-state index in [1.165, 1.54) is 18.6 Å². The van der Waals surface area contributed by atoms with E-state index in [1.807, 2.05) is 37.3 Å². The number of carbonyl (C=O) groups excluding carboxylic acids is 1. The zero-order valence-corrected chi connectivity index (χ0v) is 19.3. The number of unbranched alkanes of at least 4 members (excludes halogenated alkanes) is 3. The second kappa shape index (κ2) is 10.7. The minimum absolute atomic E-state index is 0.0305. The Morgan fingerprint density at radius 1 is 1.06 bits per heavy atom.